The van der Waals surface area contributed by atoms with Gasteiger partial charge in [0, 0.05) is 6.42 Å². The van der Waals surface area contributed by atoms with Crippen LogP contribution in [0.15, 0.2) is 0 Å². The van der Waals surface area contributed by atoms with Gasteiger partial charge in [-0.25, -0.2) is 8.78 Å². The van der Waals surface area contributed by atoms with Crippen molar-refractivity contribution in [3.63, 3.8) is 0 Å². The van der Waals surface area contributed by atoms with E-state index in [0.29, 0.717) is 0 Å². The van der Waals surface area contributed by atoms with Crippen LogP contribution in [0.25, 0.3) is 0 Å². The topological polar surface area (TPSA) is 37.3 Å². The summed E-state index contributed by atoms with van der Waals surface area (Å²) in [5.41, 5.74) is -3.82. The molecule has 0 aromatic carbocycles. The summed E-state index contributed by atoms with van der Waals surface area (Å²) in [6.07, 6.45) is 0.236. The Labute approximate surface area is 62.2 Å². The summed E-state index contributed by atoms with van der Waals surface area (Å²) in [7, 11) is 0. The summed E-state index contributed by atoms with van der Waals surface area (Å²) in [6.45, 7) is 0. The predicted octanol–water partition coefficient (Wildman–Crippen LogP) is 1.30. The molecule has 0 bridgehead atoms. The highest BCUT2D eigenvalue weighted by atomic mass is 19.2. The van der Waals surface area contributed by atoms with E-state index >= 15 is 0 Å². The van der Waals surface area contributed by atoms with E-state index in [9.17, 15) is 13.6 Å². The second-order valence-electron chi connectivity index (χ2n) is 3.42. The number of alkyl halides is 2. The Morgan fingerprint density at radius 1 is 1.45 bits per heavy atom. The lowest BCUT2D eigenvalue weighted by molar-refractivity contribution is -0.140. The molecule has 2 fully saturated rings. The Balaban J connectivity index is 2.11. The molecule has 0 aliphatic heterocycles. The van der Waals surface area contributed by atoms with Gasteiger partial charge in [0.05, 0.1) is 5.92 Å². The van der Waals surface area contributed by atoms with Crippen LogP contribution in [0.3, 0.4) is 0 Å². The van der Waals surface area contributed by atoms with Crippen LogP contribution in [0.4, 0.5) is 8.78 Å². The molecule has 0 heterocycles. The van der Waals surface area contributed by atoms with Crippen LogP contribution >= 0.6 is 0 Å². The van der Waals surface area contributed by atoms with E-state index in [1.165, 1.54) is 0 Å². The summed E-state index contributed by atoms with van der Waals surface area (Å²) in [5.74, 6) is -2.30. The van der Waals surface area contributed by atoms with E-state index in [-0.39, 0.29) is 19.3 Å². The normalized spacial score (nSPS) is 45.1. The van der Waals surface area contributed by atoms with Crippen LogP contribution in [0.1, 0.15) is 19.3 Å². The summed E-state index contributed by atoms with van der Waals surface area (Å²) in [4.78, 5) is 10.2. The lowest BCUT2D eigenvalue weighted by Crippen LogP contribution is -2.25. The van der Waals surface area contributed by atoms with Gasteiger partial charge in [-0.3, -0.25) is 4.79 Å². The Kier molecular flexibility index (Phi) is 0.997. The van der Waals surface area contributed by atoms with Gasteiger partial charge < -0.3 is 5.11 Å². The summed E-state index contributed by atoms with van der Waals surface area (Å²) in [5, 5.41) is 8.37. The van der Waals surface area contributed by atoms with Gasteiger partial charge in [-0.1, -0.05) is 0 Å². The Morgan fingerprint density at radius 2 is 2.00 bits per heavy atom. The monoisotopic (exact) mass is 162 g/mol. The molecule has 0 aromatic rings. The van der Waals surface area contributed by atoms with Gasteiger partial charge in [0.25, 0.3) is 0 Å². The van der Waals surface area contributed by atoms with Crippen molar-refractivity contribution in [2.24, 2.45) is 5.92 Å². The van der Waals surface area contributed by atoms with Crippen LogP contribution in [0.2, 0.25) is 0 Å². The molecule has 0 saturated heterocycles. The Morgan fingerprint density at radius 3 is 2.27 bits per heavy atom. The minimum Gasteiger partial charge on any atom is -0.481 e. The smallest absolute Gasteiger partial charge is 0.310 e. The maximum Gasteiger partial charge on any atom is 0.310 e. The van der Waals surface area contributed by atoms with Gasteiger partial charge in [-0.2, -0.15) is 0 Å². The highest BCUT2D eigenvalue weighted by Crippen LogP contribution is 2.65. The molecular weight excluding hydrogens is 154 g/mol. The summed E-state index contributed by atoms with van der Waals surface area (Å²) < 4.78 is 26.3. The number of carboxylic acid groups (broad SMARTS) is 1. The standard InChI is InChI=1S/C7H8F2O2/c8-6(1-2-6)7(9)3-4(7)5(10)11/h4H,1-3H2,(H,10,11). The SMILES string of the molecule is O=C(O)C1CC1(F)C1(F)CC1. The van der Waals surface area contributed by atoms with Crippen molar-refractivity contribution in [2.45, 2.75) is 30.6 Å². The number of rotatable bonds is 2. The highest BCUT2D eigenvalue weighted by molar-refractivity contribution is 5.76. The molecule has 1 N–H and O–H groups in total. The van der Waals surface area contributed by atoms with Crippen molar-refractivity contribution < 1.29 is 18.7 Å². The van der Waals surface area contributed by atoms with E-state index in [4.69, 9.17) is 5.11 Å². The van der Waals surface area contributed by atoms with Crippen LogP contribution < -0.4 is 0 Å². The molecule has 2 aliphatic carbocycles. The van der Waals surface area contributed by atoms with Gasteiger partial charge in [-0.05, 0) is 12.8 Å². The molecule has 4 heteroatoms. The summed E-state index contributed by atoms with van der Waals surface area (Å²) in [6, 6.07) is 0. The third kappa shape index (κ3) is 0.723. The zero-order chi connectivity index (χ0) is 8.28. The first-order chi connectivity index (χ1) is 5.00. The molecule has 2 rings (SSSR count). The van der Waals surface area contributed by atoms with E-state index < -0.39 is 23.2 Å². The first kappa shape index (κ1) is 7.00. The average molecular weight is 162 g/mol. The summed E-state index contributed by atoms with van der Waals surface area (Å²) >= 11 is 0. The number of carboxylic acids is 1. The first-order valence-corrected chi connectivity index (χ1v) is 3.60. The maximum absolute atomic E-state index is 13.2. The largest absolute Gasteiger partial charge is 0.481 e. The van der Waals surface area contributed by atoms with Gasteiger partial charge in [0.15, 0.2) is 5.67 Å². The van der Waals surface area contributed by atoms with E-state index in [1.807, 2.05) is 0 Å². The molecule has 62 valence electrons. The second-order valence-corrected chi connectivity index (χ2v) is 3.42. The van der Waals surface area contributed by atoms with Gasteiger partial charge in [-0.15, -0.1) is 0 Å². The second kappa shape index (κ2) is 1.57. The average Bonchev–Trinajstić information content (AvgIpc) is 2.71. The highest BCUT2D eigenvalue weighted by Gasteiger charge is 2.76. The van der Waals surface area contributed by atoms with Crippen LogP contribution in [0.5, 0.6) is 0 Å². The van der Waals surface area contributed by atoms with E-state index in [0.717, 1.165) is 0 Å². The third-order valence-electron chi connectivity index (χ3n) is 2.63. The van der Waals surface area contributed by atoms with Crippen molar-refractivity contribution in [3.05, 3.63) is 0 Å². The van der Waals surface area contributed by atoms with Crippen LogP contribution in [-0.4, -0.2) is 22.4 Å². The fraction of sp³-hybridized carbons (Fsp3) is 0.857. The van der Waals surface area contributed by atoms with Crippen molar-refractivity contribution in [3.8, 4) is 0 Å². The zero-order valence-electron chi connectivity index (χ0n) is 5.81. The van der Waals surface area contributed by atoms with Crippen molar-refractivity contribution >= 4 is 5.97 Å². The quantitative estimate of drug-likeness (QED) is 0.664. The molecule has 2 aliphatic rings. The molecular formula is C7H8F2O2. The van der Waals surface area contributed by atoms with Gasteiger partial charge >= 0.3 is 5.97 Å². The molecule has 2 saturated carbocycles. The minimum absolute atomic E-state index is 0.140. The molecule has 2 nitrogen and oxygen atoms in total. The number of aliphatic carboxylic acids is 1. The first-order valence-electron chi connectivity index (χ1n) is 3.60. The zero-order valence-corrected chi connectivity index (χ0v) is 5.81. The van der Waals surface area contributed by atoms with E-state index in [2.05, 4.69) is 0 Å². The lowest BCUT2D eigenvalue weighted by atomic mass is 10.1. The van der Waals surface area contributed by atoms with Crippen molar-refractivity contribution in [2.75, 3.05) is 0 Å². The van der Waals surface area contributed by atoms with Gasteiger partial charge in [0.2, 0.25) is 0 Å². The fourth-order valence-corrected chi connectivity index (χ4v) is 1.54. The van der Waals surface area contributed by atoms with E-state index in [1.54, 1.807) is 0 Å². The van der Waals surface area contributed by atoms with Crippen molar-refractivity contribution in [1.29, 1.82) is 0 Å². The Bertz CT molecular complexity index is 224. The molecule has 0 amide bonds. The molecule has 0 aromatic heterocycles. The Hall–Kier alpha value is -0.670. The minimum atomic E-state index is -2.03. The van der Waals surface area contributed by atoms with Crippen LogP contribution in [-0.2, 0) is 4.79 Å². The number of carbonyl (C=O) groups is 1. The molecule has 2 unspecified atom stereocenters. The fourth-order valence-electron chi connectivity index (χ4n) is 1.54. The molecule has 0 spiro atoms. The molecule has 11 heavy (non-hydrogen) atoms. The van der Waals surface area contributed by atoms with Gasteiger partial charge in [0.1, 0.15) is 5.67 Å². The lowest BCUT2D eigenvalue weighted by Gasteiger charge is -2.08. The van der Waals surface area contributed by atoms with Crippen molar-refractivity contribution in [1.82, 2.24) is 0 Å². The third-order valence-corrected chi connectivity index (χ3v) is 2.63. The molecule has 2 atom stereocenters. The number of halogens is 2. The maximum atomic E-state index is 13.2. The van der Waals surface area contributed by atoms with Crippen LogP contribution in [0, 0.1) is 5.92 Å². The molecule has 0 radical (unpaired) electrons. The predicted molar refractivity (Wildman–Crippen MR) is 32.7 cm³/mol. The number of hydrogen-bond acceptors (Lipinski definition) is 1. The number of hydrogen-bond donors (Lipinski definition) is 1.